The highest BCUT2D eigenvalue weighted by Crippen LogP contribution is 2.36. The fourth-order valence-corrected chi connectivity index (χ4v) is 1.79. The van der Waals surface area contributed by atoms with Crippen molar-refractivity contribution in [3.8, 4) is 5.75 Å². The number of hydrogen-bond donors (Lipinski definition) is 0. The molecule has 3 nitrogen and oxygen atoms in total. The summed E-state index contributed by atoms with van der Waals surface area (Å²) in [6, 6.07) is 1.87. The normalized spacial score (nSPS) is 17.9. The number of aliphatic imine (C=N–C) groups is 1. The van der Waals surface area contributed by atoms with Gasteiger partial charge in [0.25, 0.3) is 0 Å². The van der Waals surface area contributed by atoms with E-state index in [1.807, 2.05) is 18.5 Å². The fraction of sp³-hybridized carbons (Fsp3) is 0.167. The molecule has 1 aromatic heterocycles. The molecule has 3 rings (SSSR count). The van der Waals surface area contributed by atoms with Gasteiger partial charge in [0, 0.05) is 29.7 Å². The van der Waals surface area contributed by atoms with Gasteiger partial charge in [-0.2, -0.15) is 0 Å². The van der Waals surface area contributed by atoms with Crippen LogP contribution in [0.5, 0.6) is 5.75 Å². The number of ether oxygens (including phenoxy) is 1. The van der Waals surface area contributed by atoms with Gasteiger partial charge in [-0.15, -0.1) is 0 Å². The van der Waals surface area contributed by atoms with Gasteiger partial charge in [0.05, 0.1) is 0 Å². The third-order valence-electron chi connectivity index (χ3n) is 2.52. The summed E-state index contributed by atoms with van der Waals surface area (Å²) in [5, 5.41) is 0. The number of allylic oxidation sites excluding steroid dienone is 2. The molecule has 3 heteroatoms. The third-order valence-corrected chi connectivity index (χ3v) is 2.52. The van der Waals surface area contributed by atoms with E-state index in [1.54, 1.807) is 12.5 Å². The molecule has 2 aliphatic rings. The van der Waals surface area contributed by atoms with Gasteiger partial charge in [-0.25, -0.2) is 0 Å². The molecule has 0 spiro atoms. The van der Waals surface area contributed by atoms with Crippen LogP contribution in [0.4, 0.5) is 0 Å². The molecule has 0 atom stereocenters. The molecule has 2 aliphatic heterocycles. The maximum absolute atomic E-state index is 5.49. The predicted octanol–water partition coefficient (Wildman–Crippen LogP) is 2.56. The second kappa shape index (κ2) is 3.35. The molecular weight excluding hydrogens is 188 g/mol. The van der Waals surface area contributed by atoms with Crippen LogP contribution in [0.15, 0.2) is 41.5 Å². The number of nitrogens with zero attached hydrogens (tertiary/aromatic N) is 2. The molecule has 3 heterocycles. The van der Waals surface area contributed by atoms with E-state index in [2.05, 4.69) is 16.1 Å². The van der Waals surface area contributed by atoms with Crippen molar-refractivity contribution in [3.05, 3.63) is 42.1 Å². The first-order valence-electron chi connectivity index (χ1n) is 4.99. The van der Waals surface area contributed by atoms with Crippen LogP contribution in [0.25, 0.3) is 5.57 Å². The molecule has 15 heavy (non-hydrogen) atoms. The molecular formula is C12H10N2O. The molecule has 0 unspecified atom stereocenters. The summed E-state index contributed by atoms with van der Waals surface area (Å²) in [5.74, 6) is 0.858. The first kappa shape index (κ1) is 8.41. The minimum atomic E-state index is 0.858. The second-order valence-electron chi connectivity index (χ2n) is 3.50. The SMILES string of the molecule is C1=NC2=COc3ccncc3C2=CCC1. The Hall–Kier alpha value is -1.90. The van der Waals surface area contributed by atoms with Gasteiger partial charge >= 0.3 is 0 Å². The summed E-state index contributed by atoms with van der Waals surface area (Å²) in [5.41, 5.74) is 3.07. The lowest BCUT2D eigenvalue weighted by Crippen LogP contribution is -2.01. The van der Waals surface area contributed by atoms with Crippen LogP contribution in [0, 0.1) is 0 Å². The molecule has 0 bridgehead atoms. The van der Waals surface area contributed by atoms with Gasteiger partial charge in [0.2, 0.25) is 0 Å². The van der Waals surface area contributed by atoms with Crippen molar-refractivity contribution in [3.63, 3.8) is 0 Å². The standard InChI is InChI=1S/C12H10N2O/c1-2-5-14-11-8-15-12-4-6-13-7-10(12)9(11)3-1/h3-8H,1-2H2. The Bertz CT molecular complexity index is 486. The number of aromatic nitrogens is 1. The molecule has 0 saturated carbocycles. The first-order valence-corrected chi connectivity index (χ1v) is 4.99. The van der Waals surface area contributed by atoms with Crippen molar-refractivity contribution in [2.45, 2.75) is 12.8 Å². The average molecular weight is 198 g/mol. The van der Waals surface area contributed by atoms with Crippen molar-refractivity contribution in [2.24, 2.45) is 4.99 Å². The molecule has 0 radical (unpaired) electrons. The third kappa shape index (κ3) is 1.36. The van der Waals surface area contributed by atoms with Gasteiger partial charge in [-0.3, -0.25) is 9.98 Å². The molecule has 0 aromatic carbocycles. The smallest absolute Gasteiger partial charge is 0.137 e. The summed E-state index contributed by atoms with van der Waals surface area (Å²) >= 11 is 0. The van der Waals surface area contributed by atoms with Crippen LogP contribution in [0.2, 0.25) is 0 Å². The van der Waals surface area contributed by atoms with Crippen molar-refractivity contribution in [2.75, 3.05) is 0 Å². The van der Waals surface area contributed by atoms with Crippen LogP contribution in [0.3, 0.4) is 0 Å². The lowest BCUT2D eigenvalue weighted by atomic mass is 10.0. The van der Waals surface area contributed by atoms with Gasteiger partial charge < -0.3 is 4.74 Å². The maximum atomic E-state index is 5.49. The summed E-state index contributed by atoms with van der Waals surface area (Å²) in [4.78, 5) is 8.48. The zero-order chi connectivity index (χ0) is 10.1. The van der Waals surface area contributed by atoms with E-state index >= 15 is 0 Å². The Kier molecular flexibility index (Phi) is 1.88. The highest BCUT2D eigenvalue weighted by molar-refractivity contribution is 5.85. The number of fused-ring (bicyclic) bond motifs is 3. The Morgan fingerprint density at radius 1 is 1.27 bits per heavy atom. The van der Waals surface area contributed by atoms with E-state index in [1.165, 1.54) is 0 Å². The van der Waals surface area contributed by atoms with E-state index in [9.17, 15) is 0 Å². The van der Waals surface area contributed by atoms with Gasteiger partial charge in [-0.05, 0) is 18.9 Å². The van der Waals surface area contributed by atoms with Crippen LogP contribution < -0.4 is 4.74 Å². The predicted molar refractivity (Wildman–Crippen MR) is 58.7 cm³/mol. The van der Waals surface area contributed by atoms with E-state index in [0.717, 1.165) is 35.4 Å². The van der Waals surface area contributed by atoms with Crippen molar-refractivity contribution in [1.82, 2.24) is 4.98 Å². The lowest BCUT2D eigenvalue weighted by Gasteiger charge is -2.16. The molecule has 0 fully saturated rings. The lowest BCUT2D eigenvalue weighted by molar-refractivity contribution is 0.469. The van der Waals surface area contributed by atoms with Gasteiger partial charge in [-0.1, -0.05) is 6.08 Å². The van der Waals surface area contributed by atoms with Gasteiger partial charge in [0.15, 0.2) is 0 Å². The van der Waals surface area contributed by atoms with Crippen LogP contribution in [-0.4, -0.2) is 11.2 Å². The minimum absolute atomic E-state index is 0.858. The second-order valence-corrected chi connectivity index (χ2v) is 3.50. The zero-order valence-electron chi connectivity index (χ0n) is 8.18. The average Bonchev–Trinajstić information content (AvgIpc) is 2.54. The molecule has 0 N–H and O–H groups in total. The van der Waals surface area contributed by atoms with E-state index in [-0.39, 0.29) is 0 Å². The summed E-state index contributed by atoms with van der Waals surface area (Å²) in [7, 11) is 0. The number of pyridine rings is 1. The molecule has 0 aliphatic carbocycles. The highest BCUT2D eigenvalue weighted by Gasteiger charge is 2.18. The molecule has 0 saturated heterocycles. The summed E-state index contributed by atoms with van der Waals surface area (Å²) < 4.78 is 5.49. The topological polar surface area (TPSA) is 34.5 Å². The quantitative estimate of drug-likeness (QED) is 0.642. The first-order chi connectivity index (χ1) is 7.45. The van der Waals surface area contributed by atoms with E-state index in [4.69, 9.17) is 4.74 Å². The van der Waals surface area contributed by atoms with Crippen LogP contribution >= 0.6 is 0 Å². The highest BCUT2D eigenvalue weighted by atomic mass is 16.5. The molecule has 0 amide bonds. The Labute approximate surface area is 87.8 Å². The van der Waals surface area contributed by atoms with E-state index in [0.29, 0.717) is 0 Å². The summed E-state index contributed by atoms with van der Waals surface area (Å²) in [6.07, 6.45) is 11.4. The number of rotatable bonds is 0. The Balaban J connectivity index is 2.18. The molecule has 1 aromatic rings. The van der Waals surface area contributed by atoms with Gasteiger partial charge in [0.1, 0.15) is 17.7 Å². The van der Waals surface area contributed by atoms with Crippen molar-refractivity contribution >= 4 is 11.8 Å². The van der Waals surface area contributed by atoms with Crippen LogP contribution in [-0.2, 0) is 0 Å². The minimum Gasteiger partial charge on any atom is -0.462 e. The van der Waals surface area contributed by atoms with E-state index < -0.39 is 0 Å². The Morgan fingerprint density at radius 2 is 2.27 bits per heavy atom. The zero-order valence-corrected chi connectivity index (χ0v) is 8.18. The van der Waals surface area contributed by atoms with Crippen LogP contribution in [0.1, 0.15) is 18.4 Å². The fourth-order valence-electron chi connectivity index (χ4n) is 1.79. The Morgan fingerprint density at radius 3 is 3.27 bits per heavy atom. The maximum Gasteiger partial charge on any atom is 0.137 e. The van der Waals surface area contributed by atoms with Crippen molar-refractivity contribution in [1.29, 1.82) is 0 Å². The number of hydrogen-bond acceptors (Lipinski definition) is 3. The molecule has 74 valence electrons. The monoisotopic (exact) mass is 198 g/mol. The summed E-state index contributed by atoms with van der Waals surface area (Å²) in [6.45, 7) is 0. The largest absolute Gasteiger partial charge is 0.462 e. The van der Waals surface area contributed by atoms with Crippen molar-refractivity contribution < 1.29 is 4.74 Å².